The van der Waals surface area contributed by atoms with E-state index in [1.165, 1.54) is 6.92 Å². The second-order valence-electron chi connectivity index (χ2n) is 19.1. The first-order valence-corrected chi connectivity index (χ1v) is 22.3. The Morgan fingerprint density at radius 2 is 1.66 bits per heavy atom. The van der Waals surface area contributed by atoms with E-state index in [2.05, 4.69) is 4.90 Å². The highest BCUT2D eigenvalue weighted by atomic mass is 16.8. The first kappa shape index (κ1) is 51.4. The summed E-state index contributed by atoms with van der Waals surface area (Å²) in [5.74, 6) is -3.01. The lowest BCUT2D eigenvalue weighted by molar-refractivity contribution is -0.321. The Morgan fingerprint density at radius 1 is 0.984 bits per heavy atom. The molecule has 17 heteroatoms. The predicted octanol–water partition coefficient (Wildman–Crippen LogP) is 4.03. The largest absolute Gasteiger partial charge is 0.509 e. The second-order valence-corrected chi connectivity index (χ2v) is 19.1. The van der Waals surface area contributed by atoms with Gasteiger partial charge >= 0.3 is 18.1 Å². The molecule has 61 heavy (non-hydrogen) atoms. The van der Waals surface area contributed by atoms with Crippen LogP contribution >= 0.6 is 0 Å². The van der Waals surface area contributed by atoms with Crippen LogP contribution in [0.15, 0.2) is 0 Å². The van der Waals surface area contributed by atoms with E-state index < -0.39 is 102 Å². The van der Waals surface area contributed by atoms with Crippen LogP contribution in [0.2, 0.25) is 0 Å². The molecule has 0 aromatic carbocycles. The predicted molar refractivity (Wildman–Crippen MR) is 224 cm³/mol. The quantitative estimate of drug-likeness (QED) is 0.162. The normalized spacial score (nSPS) is 44.6. The van der Waals surface area contributed by atoms with Crippen molar-refractivity contribution in [2.45, 2.75) is 199 Å². The molecular weight excluding hydrogens is 794 g/mol. The molecule has 4 fully saturated rings. The van der Waals surface area contributed by atoms with Crippen molar-refractivity contribution in [2.24, 2.45) is 23.5 Å². The van der Waals surface area contributed by atoms with E-state index >= 15 is 0 Å². The highest BCUT2D eigenvalue weighted by Crippen LogP contribution is 2.42. The summed E-state index contributed by atoms with van der Waals surface area (Å²) in [6.07, 6.45) is -6.60. The number of hydrogen-bond donors (Lipinski definition) is 2. The molecule has 17 nitrogen and oxygen atoms in total. The van der Waals surface area contributed by atoms with Gasteiger partial charge in [-0.15, -0.1) is 0 Å². The summed E-state index contributed by atoms with van der Waals surface area (Å²) in [5, 5.41) is 12.9. The summed E-state index contributed by atoms with van der Waals surface area (Å²) in [6.45, 7) is 21.3. The van der Waals surface area contributed by atoms with Crippen molar-refractivity contribution in [2.75, 3.05) is 47.9 Å². The molecule has 3 N–H and O–H groups in total. The van der Waals surface area contributed by atoms with Crippen LogP contribution in [-0.2, 0) is 57.0 Å². The fourth-order valence-corrected chi connectivity index (χ4v) is 10.2. The Labute approximate surface area is 364 Å². The van der Waals surface area contributed by atoms with Crippen molar-refractivity contribution in [3.8, 4) is 0 Å². The van der Waals surface area contributed by atoms with Gasteiger partial charge in [-0.3, -0.25) is 14.5 Å². The first-order valence-electron chi connectivity index (χ1n) is 22.3. The third kappa shape index (κ3) is 11.9. The van der Waals surface area contributed by atoms with Crippen LogP contribution in [0.4, 0.5) is 4.79 Å². The molecule has 0 bridgehead atoms. The van der Waals surface area contributed by atoms with Crippen LogP contribution in [0, 0.1) is 17.8 Å². The van der Waals surface area contributed by atoms with Crippen LogP contribution in [0.3, 0.4) is 0 Å². The minimum absolute atomic E-state index is 0.141. The number of carbonyl (C=O) groups is 3. The molecule has 0 radical (unpaired) electrons. The molecule has 18 atom stereocenters. The zero-order chi connectivity index (χ0) is 45.8. The maximum atomic E-state index is 14.7. The van der Waals surface area contributed by atoms with Gasteiger partial charge in [0.15, 0.2) is 30.4 Å². The number of aliphatic hydroxyl groups is 1. The average molecular weight is 874 g/mol. The highest BCUT2D eigenvalue weighted by Gasteiger charge is 2.58. The number of likely N-dealkylation sites (N-methyl/N-ethyl adjacent to an activating group) is 2. The van der Waals surface area contributed by atoms with Gasteiger partial charge in [0.1, 0.15) is 12.2 Å². The van der Waals surface area contributed by atoms with Crippen molar-refractivity contribution < 1.29 is 66.9 Å². The maximum absolute atomic E-state index is 14.7. The van der Waals surface area contributed by atoms with Crippen LogP contribution in [-0.4, -0.2) is 171 Å². The van der Waals surface area contributed by atoms with Crippen LogP contribution in [0.25, 0.3) is 0 Å². The highest BCUT2D eigenvalue weighted by molar-refractivity contribution is 5.73. The van der Waals surface area contributed by atoms with Crippen molar-refractivity contribution in [1.29, 1.82) is 0 Å². The third-order valence-electron chi connectivity index (χ3n) is 13.5. The van der Waals surface area contributed by atoms with Gasteiger partial charge in [-0.1, -0.05) is 20.8 Å². The molecular formula is C44H79N3O14. The monoisotopic (exact) mass is 874 g/mol. The number of esters is 2. The maximum Gasteiger partial charge on any atom is 0.509 e. The van der Waals surface area contributed by atoms with Gasteiger partial charge in [-0.05, 0) is 108 Å². The Kier molecular flexibility index (Phi) is 17.9. The number of methoxy groups -OCH3 is 1. The van der Waals surface area contributed by atoms with E-state index in [4.69, 9.17) is 53.1 Å². The van der Waals surface area contributed by atoms with Crippen molar-refractivity contribution in [3.63, 3.8) is 0 Å². The Bertz CT molecular complexity index is 1460. The molecule has 354 valence electrons. The summed E-state index contributed by atoms with van der Waals surface area (Å²) in [7, 11) is 7.36. The summed E-state index contributed by atoms with van der Waals surface area (Å²) in [4.78, 5) is 44.2. The number of rotatable bonds is 12. The zero-order valence-corrected chi connectivity index (χ0v) is 39.5. The number of ether oxygens (including phenoxy) is 10. The number of cyclic esters (lactones) is 1. The third-order valence-corrected chi connectivity index (χ3v) is 13.5. The SMILES string of the molecule is CC[C@H]1OC(=O)[C@H](C)[C@@H](O[C@H]2C[C@@](C)(OC)[C@@H](OCCCN)[C@H](C)O2)[C@H](C)[C@@H](O[C@@H]2O[C@H](C)C[C@H](N(C)C)[C@H]2OC(C)=O)[C@](C)(O)C[C@@H](C)CN(C)[C@H](C)[C@H]2OC(=O)O[C@@]21C. The Hall–Kier alpha value is -2.19. The molecule has 4 saturated heterocycles. The molecule has 0 spiro atoms. The average Bonchev–Trinajstić information content (AvgIpc) is 3.48. The van der Waals surface area contributed by atoms with Gasteiger partial charge in [0.05, 0.1) is 47.6 Å². The summed E-state index contributed by atoms with van der Waals surface area (Å²) >= 11 is 0. The number of hydrogen-bond acceptors (Lipinski definition) is 17. The summed E-state index contributed by atoms with van der Waals surface area (Å²) in [6, 6.07) is -0.628. The van der Waals surface area contributed by atoms with E-state index in [0.29, 0.717) is 39.0 Å². The van der Waals surface area contributed by atoms with Gasteiger partial charge in [0, 0.05) is 45.6 Å². The van der Waals surface area contributed by atoms with Gasteiger partial charge in [-0.25, -0.2) is 4.79 Å². The van der Waals surface area contributed by atoms with E-state index in [1.54, 1.807) is 27.9 Å². The minimum atomic E-state index is -1.58. The summed E-state index contributed by atoms with van der Waals surface area (Å²) in [5.41, 5.74) is 2.01. The Morgan fingerprint density at radius 3 is 2.25 bits per heavy atom. The topological polar surface area (TPSA) is 196 Å². The van der Waals surface area contributed by atoms with Crippen molar-refractivity contribution in [1.82, 2.24) is 9.80 Å². The van der Waals surface area contributed by atoms with E-state index in [1.807, 2.05) is 74.5 Å². The number of nitrogens with zero attached hydrogens (tertiary/aromatic N) is 2. The van der Waals surface area contributed by atoms with Gasteiger partial charge in [0.25, 0.3) is 0 Å². The molecule has 4 aliphatic heterocycles. The molecule has 0 aromatic rings. The lowest BCUT2D eigenvalue weighted by atomic mass is 9.77. The minimum Gasteiger partial charge on any atom is -0.458 e. The van der Waals surface area contributed by atoms with Crippen molar-refractivity contribution >= 4 is 18.1 Å². The van der Waals surface area contributed by atoms with Crippen LogP contribution < -0.4 is 5.73 Å². The fraction of sp³-hybridized carbons (Fsp3) is 0.932. The summed E-state index contributed by atoms with van der Waals surface area (Å²) < 4.78 is 63.3. The smallest absolute Gasteiger partial charge is 0.458 e. The van der Waals surface area contributed by atoms with E-state index in [-0.39, 0.29) is 36.9 Å². The molecule has 0 aromatic heterocycles. The van der Waals surface area contributed by atoms with Gasteiger partial charge < -0.3 is 63.1 Å². The second kappa shape index (κ2) is 21.2. The van der Waals surface area contributed by atoms with E-state index in [9.17, 15) is 19.5 Å². The lowest BCUT2D eigenvalue weighted by Crippen LogP contribution is -2.61. The molecule has 0 unspecified atom stereocenters. The molecule has 4 heterocycles. The number of fused-ring (bicyclic) bond motifs is 1. The Balaban J connectivity index is 1.85. The molecule has 0 amide bonds. The van der Waals surface area contributed by atoms with Crippen molar-refractivity contribution in [3.05, 3.63) is 0 Å². The van der Waals surface area contributed by atoms with E-state index in [0.717, 1.165) is 0 Å². The molecule has 0 saturated carbocycles. The standard InChI is InChI=1S/C44H79N3O14/c1-16-32-44(11)37(60-41(50)61-44)28(6)47(14)23-24(2)21-42(9,51)36(59-40-35(56-30(8)48)31(46(12)13)20-25(3)54-40)26(4)34(27(5)39(49)57-32)58-33-22-43(10,52-15)38(29(7)55-33)53-19-17-18-45/h24-29,31-38,40,51H,16-23,45H2,1-15H3/t24-,25-,26+,27-,28-,29+,31+,32-,33+,34+,35-,36-,37-,38+,40+,42-,43-,44-/m1/s1. The van der Waals surface area contributed by atoms with Gasteiger partial charge in [-0.2, -0.15) is 0 Å². The van der Waals surface area contributed by atoms with Crippen LogP contribution in [0.1, 0.15) is 108 Å². The first-order chi connectivity index (χ1) is 28.4. The fourth-order valence-electron chi connectivity index (χ4n) is 10.2. The number of nitrogens with two attached hydrogens (primary N) is 1. The van der Waals surface area contributed by atoms with Crippen LogP contribution in [0.5, 0.6) is 0 Å². The molecule has 4 aliphatic rings. The zero-order valence-electron chi connectivity index (χ0n) is 39.5. The molecule has 0 aliphatic carbocycles. The van der Waals surface area contributed by atoms with Gasteiger partial charge in [0.2, 0.25) is 0 Å². The lowest BCUT2D eigenvalue weighted by Gasteiger charge is -2.49. The number of carbonyl (C=O) groups excluding carboxylic acids is 3. The molecule has 4 rings (SSSR count).